The number of ether oxygens (including phenoxy) is 1. The fraction of sp³-hybridized carbons (Fsp3) is 0.875. The van der Waals surface area contributed by atoms with Crippen LogP contribution in [0.3, 0.4) is 0 Å². The van der Waals surface area contributed by atoms with Crippen LogP contribution in [0.5, 0.6) is 0 Å². The van der Waals surface area contributed by atoms with E-state index in [9.17, 15) is 9.59 Å². The number of nitrogens with zero attached hydrogens (tertiary/aromatic N) is 2. The molecular weight excluding hydrogens is 268 g/mol. The van der Waals surface area contributed by atoms with Crippen LogP contribution in [0.2, 0.25) is 0 Å². The highest BCUT2D eigenvalue weighted by atomic mass is 16.5. The Morgan fingerprint density at radius 1 is 1.14 bits per heavy atom. The summed E-state index contributed by atoms with van der Waals surface area (Å²) in [6.07, 6.45) is 4.97. The van der Waals surface area contributed by atoms with Gasteiger partial charge in [0.1, 0.15) is 0 Å². The molecule has 21 heavy (non-hydrogen) atoms. The normalized spacial score (nSPS) is 22.1. The van der Waals surface area contributed by atoms with Crippen LogP contribution in [-0.2, 0) is 14.3 Å². The zero-order valence-corrected chi connectivity index (χ0v) is 13.9. The highest BCUT2D eigenvalue weighted by Gasteiger charge is 2.25. The van der Waals surface area contributed by atoms with Crippen molar-refractivity contribution >= 4 is 11.9 Å². The Balaban J connectivity index is 2.29. The number of amides is 1. The third-order valence-corrected chi connectivity index (χ3v) is 4.33. The molecule has 0 spiro atoms. The summed E-state index contributed by atoms with van der Waals surface area (Å²) in [5.41, 5.74) is 0. The minimum absolute atomic E-state index is 0.140. The lowest BCUT2D eigenvalue weighted by molar-refractivity contribution is -0.144. The third-order valence-electron chi connectivity index (χ3n) is 4.33. The fourth-order valence-corrected chi connectivity index (χ4v) is 2.77. The van der Waals surface area contributed by atoms with Gasteiger partial charge < -0.3 is 9.64 Å². The Morgan fingerprint density at radius 2 is 1.76 bits per heavy atom. The molecule has 5 nitrogen and oxygen atoms in total. The number of hydrogen-bond donors (Lipinski definition) is 0. The summed E-state index contributed by atoms with van der Waals surface area (Å²) in [4.78, 5) is 27.4. The summed E-state index contributed by atoms with van der Waals surface area (Å²) >= 11 is 0. The molecule has 0 aliphatic heterocycles. The molecule has 0 unspecified atom stereocenters. The van der Waals surface area contributed by atoms with Gasteiger partial charge in [-0.15, -0.1) is 0 Å². The van der Waals surface area contributed by atoms with Gasteiger partial charge in [-0.2, -0.15) is 0 Å². The molecule has 0 N–H and O–H groups in total. The third kappa shape index (κ3) is 6.46. The molecule has 0 atom stereocenters. The smallest absolute Gasteiger partial charge is 0.307 e. The molecule has 0 aromatic carbocycles. The molecule has 5 heteroatoms. The predicted molar refractivity (Wildman–Crippen MR) is 82.9 cm³/mol. The standard InChI is InChI=1S/C16H30N2O3/c1-5-21-16(20)10-11-17(3)12-15(19)18(4)14-8-6-13(2)7-9-14/h13-14H,5-12H2,1-4H3. The molecule has 1 saturated carbocycles. The first kappa shape index (κ1) is 18.0. The van der Waals surface area contributed by atoms with Crippen molar-refractivity contribution in [2.75, 3.05) is 33.8 Å². The van der Waals surface area contributed by atoms with E-state index in [4.69, 9.17) is 4.74 Å². The Bertz CT molecular complexity index is 338. The molecular formula is C16H30N2O3. The second-order valence-electron chi connectivity index (χ2n) is 6.21. The molecule has 1 aliphatic carbocycles. The minimum atomic E-state index is -0.202. The van der Waals surface area contributed by atoms with Gasteiger partial charge in [0.2, 0.25) is 5.91 Å². The lowest BCUT2D eigenvalue weighted by Gasteiger charge is -2.34. The lowest BCUT2D eigenvalue weighted by Crippen LogP contribution is -2.44. The zero-order chi connectivity index (χ0) is 15.8. The Hall–Kier alpha value is -1.10. The van der Waals surface area contributed by atoms with E-state index < -0.39 is 0 Å². The number of carbonyl (C=O) groups is 2. The first-order chi connectivity index (χ1) is 9.93. The summed E-state index contributed by atoms with van der Waals surface area (Å²) in [6, 6.07) is 0.382. The van der Waals surface area contributed by atoms with E-state index >= 15 is 0 Å². The highest BCUT2D eigenvalue weighted by molar-refractivity contribution is 5.78. The largest absolute Gasteiger partial charge is 0.466 e. The van der Waals surface area contributed by atoms with Crippen LogP contribution in [-0.4, -0.2) is 61.5 Å². The summed E-state index contributed by atoms with van der Waals surface area (Å²) in [7, 11) is 3.77. The van der Waals surface area contributed by atoms with Gasteiger partial charge in [0.25, 0.3) is 0 Å². The molecule has 0 saturated heterocycles. The Morgan fingerprint density at radius 3 is 2.33 bits per heavy atom. The van der Waals surface area contributed by atoms with Gasteiger partial charge in [0, 0.05) is 19.6 Å². The van der Waals surface area contributed by atoms with E-state index in [-0.39, 0.29) is 11.9 Å². The molecule has 1 fully saturated rings. The van der Waals surface area contributed by atoms with Crippen LogP contribution < -0.4 is 0 Å². The summed E-state index contributed by atoms with van der Waals surface area (Å²) in [6.45, 7) is 5.40. The van der Waals surface area contributed by atoms with Crippen molar-refractivity contribution in [2.45, 2.75) is 52.0 Å². The maximum Gasteiger partial charge on any atom is 0.307 e. The van der Waals surface area contributed by atoms with Crippen LogP contribution in [0.4, 0.5) is 0 Å². The number of esters is 1. The van der Waals surface area contributed by atoms with Crippen LogP contribution >= 0.6 is 0 Å². The van der Waals surface area contributed by atoms with E-state index in [2.05, 4.69) is 6.92 Å². The number of carbonyl (C=O) groups excluding carboxylic acids is 2. The summed E-state index contributed by atoms with van der Waals surface area (Å²) in [5.74, 6) is 0.726. The average molecular weight is 298 g/mol. The monoisotopic (exact) mass is 298 g/mol. The fourth-order valence-electron chi connectivity index (χ4n) is 2.77. The number of likely N-dealkylation sites (N-methyl/N-ethyl adjacent to an activating group) is 2. The molecule has 0 bridgehead atoms. The molecule has 122 valence electrons. The Labute approximate surface area is 128 Å². The minimum Gasteiger partial charge on any atom is -0.466 e. The van der Waals surface area contributed by atoms with Gasteiger partial charge in [0.15, 0.2) is 0 Å². The molecule has 1 rings (SSSR count). The van der Waals surface area contributed by atoms with E-state index in [1.54, 1.807) is 6.92 Å². The maximum absolute atomic E-state index is 12.3. The molecule has 0 radical (unpaired) electrons. The van der Waals surface area contributed by atoms with Crippen LogP contribution in [0.1, 0.15) is 46.0 Å². The lowest BCUT2D eigenvalue weighted by atomic mass is 9.87. The van der Waals surface area contributed by atoms with Gasteiger partial charge in [-0.25, -0.2) is 0 Å². The van der Waals surface area contributed by atoms with E-state index in [1.807, 2.05) is 23.9 Å². The SMILES string of the molecule is CCOC(=O)CCN(C)CC(=O)N(C)C1CCC(C)CC1. The molecule has 0 aromatic rings. The van der Waals surface area contributed by atoms with E-state index in [0.29, 0.717) is 32.2 Å². The van der Waals surface area contributed by atoms with Gasteiger partial charge in [-0.3, -0.25) is 14.5 Å². The van der Waals surface area contributed by atoms with Crippen molar-refractivity contribution in [3.05, 3.63) is 0 Å². The van der Waals surface area contributed by atoms with Crippen molar-refractivity contribution < 1.29 is 14.3 Å². The number of rotatable bonds is 7. The van der Waals surface area contributed by atoms with Crippen molar-refractivity contribution in [3.63, 3.8) is 0 Å². The van der Waals surface area contributed by atoms with Crippen LogP contribution in [0.15, 0.2) is 0 Å². The maximum atomic E-state index is 12.3. The quantitative estimate of drug-likeness (QED) is 0.674. The molecule has 1 amide bonds. The Kier molecular flexibility index (Phi) is 7.72. The molecule has 1 aliphatic rings. The topological polar surface area (TPSA) is 49.9 Å². The van der Waals surface area contributed by atoms with Crippen molar-refractivity contribution in [1.29, 1.82) is 0 Å². The average Bonchev–Trinajstić information content (AvgIpc) is 2.45. The number of hydrogen-bond acceptors (Lipinski definition) is 4. The second kappa shape index (κ2) is 9.03. The van der Waals surface area contributed by atoms with Crippen molar-refractivity contribution in [3.8, 4) is 0 Å². The highest BCUT2D eigenvalue weighted by Crippen LogP contribution is 2.26. The first-order valence-electron chi connectivity index (χ1n) is 8.03. The summed E-state index contributed by atoms with van der Waals surface area (Å²) in [5, 5.41) is 0. The van der Waals surface area contributed by atoms with Gasteiger partial charge in [0.05, 0.1) is 19.6 Å². The van der Waals surface area contributed by atoms with Crippen LogP contribution in [0.25, 0.3) is 0 Å². The van der Waals surface area contributed by atoms with E-state index in [1.165, 1.54) is 12.8 Å². The van der Waals surface area contributed by atoms with Crippen LogP contribution in [0, 0.1) is 5.92 Å². The summed E-state index contributed by atoms with van der Waals surface area (Å²) < 4.78 is 4.89. The predicted octanol–water partition coefficient (Wildman–Crippen LogP) is 1.91. The van der Waals surface area contributed by atoms with Gasteiger partial charge in [-0.05, 0) is 45.6 Å². The second-order valence-corrected chi connectivity index (χ2v) is 6.21. The first-order valence-corrected chi connectivity index (χ1v) is 8.03. The van der Waals surface area contributed by atoms with Gasteiger partial charge >= 0.3 is 5.97 Å². The zero-order valence-electron chi connectivity index (χ0n) is 13.9. The van der Waals surface area contributed by atoms with Crippen molar-refractivity contribution in [1.82, 2.24) is 9.80 Å². The molecule has 0 aromatic heterocycles. The van der Waals surface area contributed by atoms with Crippen molar-refractivity contribution in [2.24, 2.45) is 5.92 Å². The van der Waals surface area contributed by atoms with Gasteiger partial charge in [-0.1, -0.05) is 6.92 Å². The molecule has 0 heterocycles. The van der Waals surface area contributed by atoms with E-state index in [0.717, 1.165) is 18.8 Å².